The molecule has 2 heterocycles. The summed E-state index contributed by atoms with van der Waals surface area (Å²) < 4.78 is 44.9. The van der Waals surface area contributed by atoms with Crippen molar-refractivity contribution in [3.63, 3.8) is 0 Å². The van der Waals surface area contributed by atoms with Crippen LogP contribution in [0.4, 0.5) is 53.0 Å². The van der Waals surface area contributed by atoms with Crippen molar-refractivity contribution in [3.05, 3.63) is 164 Å². The normalized spacial score (nSPS) is 13.2. The molecule has 0 saturated heterocycles. The van der Waals surface area contributed by atoms with E-state index in [-0.39, 0.29) is 5.69 Å². The molecule has 0 bridgehead atoms. The Kier molecular flexibility index (Phi) is 10.4. The van der Waals surface area contributed by atoms with Crippen LogP contribution in [0.3, 0.4) is 0 Å². The van der Waals surface area contributed by atoms with Crippen LogP contribution in [0.2, 0.25) is 0 Å². The Morgan fingerprint density at radius 2 is 0.746 bits per heavy atom. The number of hydrogen-bond acceptors (Lipinski definition) is 2. The topological polar surface area (TPSA) is 10.8 Å². The van der Waals surface area contributed by atoms with E-state index in [9.17, 15) is 13.2 Å². The molecule has 6 heteroatoms. The van der Waals surface area contributed by atoms with Gasteiger partial charge in [-0.3, -0.25) is 0 Å². The average molecular weight is 844 g/mol. The van der Waals surface area contributed by atoms with Crippen LogP contribution >= 0.6 is 0 Å². The predicted octanol–water partition coefficient (Wildman–Crippen LogP) is 16.9. The molecule has 0 amide bonds. The standard InChI is InChI=1S/C57H60F3N3/c1-26-19-52(63-55-41(16)33(8)29(4)37(12)48(55)24-49-38(13)30(5)34(9)42(17)56(49)63)50(43-20-44(57(58,59)60)22-45(21-43)61-18)25-51(26)62-53-39(14)31(6)27(2)35(10)46(53)23-47-36(11)28(3)32(7)40(15)54(47)62/h19-22,25H,23-24H2,1-17H3. The van der Waals surface area contributed by atoms with Crippen molar-refractivity contribution in [1.82, 2.24) is 0 Å². The molecule has 0 aromatic heterocycles. The summed E-state index contributed by atoms with van der Waals surface area (Å²) in [4.78, 5) is 8.45. The summed E-state index contributed by atoms with van der Waals surface area (Å²) in [5.74, 6) is 0. The summed E-state index contributed by atoms with van der Waals surface area (Å²) in [5, 5.41) is 0. The van der Waals surface area contributed by atoms with Crippen molar-refractivity contribution in [2.24, 2.45) is 0 Å². The molecule has 6 aromatic rings. The molecule has 3 nitrogen and oxygen atoms in total. The fourth-order valence-electron chi connectivity index (χ4n) is 10.9. The second-order valence-corrected chi connectivity index (χ2v) is 18.9. The fraction of sp³-hybridized carbons (Fsp3) is 0.351. The van der Waals surface area contributed by atoms with E-state index in [0.29, 0.717) is 11.1 Å². The number of alkyl halides is 3. The third-order valence-electron chi connectivity index (χ3n) is 16.2. The first kappa shape index (κ1) is 43.8. The molecule has 0 saturated carbocycles. The Bertz CT molecular complexity index is 2940. The minimum absolute atomic E-state index is 0.0480. The SMILES string of the molecule is [C-]#[N+]c1cc(-c2cc(N3c4c(C)c(C)c(C)c(C)c4Cc4c(C)c(C)c(C)c(C)c43)c(C)cc2N2c3c(C)c(C)c(C)c(C)c3Cc3c(C)c(C)c(C)c(C)c32)cc(C(F)(F)F)c1. The number of hydrogen-bond donors (Lipinski definition) is 0. The number of aryl methyl sites for hydroxylation is 1. The zero-order chi connectivity index (χ0) is 46.2. The smallest absolute Gasteiger partial charge is 0.309 e. The van der Waals surface area contributed by atoms with E-state index in [2.05, 4.69) is 144 Å². The lowest BCUT2D eigenvalue weighted by Gasteiger charge is -2.42. The lowest BCUT2D eigenvalue weighted by molar-refractivity contribution is -0.137. The molecule has 0 aliphatic carbocycles. The zero-order valence-electron chi connectivity index (χ0n) is 40.3. The van der Waals surface area contributed by atoms with Gasteiger partial charge >= 0.3 is 6.18 Å². The molecule has 2 aliphatic rings. The Balaban J connectivity index is 1.59. The molecule has 0 fully saturated rings. The average Bonchev–Trinajstić information content (AvgIpc) is 3.26. The van der Waals surface area contributed by atoms with Crippen LogP contribution in [-0.4, -0.2) is 0 Å². The molecule has 0 unspecified atom stereocenters. The Hall–Kier alpha value is -5.80. The number of fused-ring (bicyclic) bond motifs is 4. The van der Waals surface area contributed by atoms with Gasteiger partial charge in [-0.25, -0.2) is 4.85 Å². The van der Waals surface area contributed by atoms with Crippen molar-refractivity contribution in [2.45, 2.75) is 137 Å². The third kappa shape index (κ3) is 6.28. The summed E-state index contributed by atoms with van der Waals surface area (Å²) in [7, 11) is 0. The maximum atomic E-state index is 15.0. The lowest BCUT2D eigenvalue weighted by atomic mass is 9.80. The summed E-state index contributed by atoms with van der Waals surface area (Å²) >= 11 is 0. The van der Waals surface area contributed by atoms with E-state index in [0.717, 1.165) is 69.7 Å². The highest BCUT2D eigenvalue weighted by atomic mass is 19.4. The highest BCUT2D eigenvalue weighted by Gasteiger charge is 2.38. The second kappa shape index (κ2) is 14.9. The van der Waals surface area contributed by atoms with Gasteiger partial charge in [0, 0.05) is 29.7 Å². The predicted molar refractivity (Wildman–Crippen MR) is 259 cm³/mol. The summed E-state index contributed by atoms with van der Waals surface area (Å²) in [6.07, 6.45) is -3.10. The Labute approximate surface area is 373 Å². The third-order valence-corrected chi connectivity index (χ3v) is 16.2. The van der Waals surface area contributed by atoms with Gasteiger partial charge in [0.1, 0.15) is 0 Å². The fourth-order valence-corrected chi connectivity index (χ4v) is 10.9. The van der Waals surface area contributed by atoms with Gasteiger partial charge in [0.15, 0.2) is 5.69 Å². The molecule has 8 rings (SSSR count). The van der Waals surface area contributed by atoms with Gasteiger partial charge in [-0.1, -0.05) is 0 Å². The largest absolute Gasteiger partial charge is 0.415 e. The van der Waals surface area contributed by atoms with Crippen molar-refractivity contribution in [1.29, 1.82) is 0 Å². The molecule has 6 aromatic carbocycles. The van der Waals surface area contributed by atoms with E-state index in [4.69, 9.17) is 6.57 Å². The van der Waals surface area contributed by atoms with E-state index in [1.165, 1.54) is 106 Å². The first-order chi connectivity index (χ1) is 29.4. The van der Waals surface area contributed by atoms with Crippen LogP contribution in [-0.2, 0) is 19.0 Å². The molecule has 0 radical (unpaired) electrons. The Morgan fingerprint density at radius 1 is 0.413 bits per heavy atom. The van der Waals surface area contributed by atoms with Crippen molar-refractivity contribution >= 4 is 39.8 Å². The number of halogens is 3. The molecule has 0 atom stereocenters. The summed E-state index contributed by atoms with van der Waals surface area (Å²) in [5.41, 5.74) is 32.0. The van der Waals surface area contributed by atoms with E-state index >= 15 is 0 Å². The van der Waals surface area contributed by atoms with Crippen LogP contribution in [0.5, 0.6) is 0 Å². The second-order valence-electron chi connectivity index (χ2n) is 18.9. The zero-order valence-corrected chi connectivity index (χ0v) is 40.3. The molecule has 324 valence electrons. The van der Waals surface area contributed by atoms with Crippen molar-refractivity contribution in [2.75, 3.05) is 9.80 Å². The van der Waals surface area contributed by atoms with Crippen LogP contribution < -0.4 is 9.80 Å². The van der Waals surface area contributed by atoms with Crippen molar-refractivity contribution < 1.29 is 13.2 Å². The van der Waals surface area contributed by atoms with Gasteiger partial charge in [-0.05, 0) is 270 Å². The van der Waals surface area contributed by atoms with E-state index < -0.39 is 11.7 Å². The van der Waals surface area contributed by atoms with Gasteiger partial charge in [0.2, 0.25) is 0 Å². The first-order valence-corrected chi connectivity index (χ1v) is 22.2. The maximum Gasteiger partial charge on any atom is 0.415 e. The van der Waals surface area contributed by atoms with Crippen LogP contribution in [0.1, 0.15) is 122 Å². The van der Waals surface area contributed by atoms with Crippen LogP contribution in [0.15, 0.2) is 30.3 Å². The number of rotatable bonds is 3. The van der Waals surface area contributed by atoms with Gasteiger partial charge in [0.25, 0.3) is 0 Å². The summed E-state index contributed by atoms with van der Waals surface area (Å²) in [6, 6.07) is 8.23. The van der Waals surface area contributed by atoms with Gasteiger partial charge < -0.3 is 9.80 Å². The van der Waals surface area contributed by atoms with Crippen LogP contribution in [0.25, 0.3) is 16.0 Å². The molecular weight excluding hydrogens is 784 g/mol. The minimum Gasteiger partial charge on any atom is -0.309 e. The monoisotopic (exact) mass is 843 g/mol. The van der Waals surface area contributed by atoms with Crippen LogP contribution in [0, 0.1) is 124 Å². The minimum atomic E-state index is -4.66. The van der Waals surface area contributed by atoms with Gasteiger partial charge in [0.05, 0.1) is 35.0 Å². The molecule has 0 spiro atoms. The number of nitrogens with zero attached hydrogens (tertiary/aromatic N) is 3. The van der Waals surface area contributed by atoms with Gasteiger partial charge in [-0.2, -0.15) is 13.2 Å². The number of benzene rings is 6. The lowest BCUT2D eigenvalue weighted by Crippen LogP contribution is -2.26. The molecular formula is C57H60F3N3. The highest BCUT2D eigenvalue weighted by molar-refractivity contribution is 5.99. The van der Waals surface area contributed by atoms with E-state index in [1.54, 1.807) is 6.07 Å². The quantitative estimate of drug-likeness (QED) is 0.164. The summed E-state index contributed by atoms with van der Waals surface area (Å²) in [6.45, 7) is 45.5. The Morgan fingerprint density at radius 3 is 1.08 bits per heavy atom. The first-order valence-electron chi connectivity index (χ1n) is 22.2. The highest BCUT2D eigenvalue weighted by Crippen LogP contribution is 2.57. The van der Waals surface area contributed by atoms with Gasteiger partial charge in [-0.15, -0.1) is 0 Å². The van der Waals surface area contributed by atoms with E-state index in [1.807, 2.05) is 0 Å². The molecule has 0 N–H and O–H groups in total. The molecule has 2 aliphatic heterocycles. The number of anilines is 6. The van der Waals surface area contributed by atoms with Crippen molar-refractivity contribution in [3.8, 4) is 11.1 Å². The molecule has 63 heavy (non-hydrogen) atoms. The maximum absolute atomic E-state index is 15.0.